The maximum absolute atomic E-state index is 10.6. The lowest BCUT2D eigenvalue weighted by Gasteiger charge is -2.08. The largest absolute Gasteiger partial charge is 0.481 e. The van der Waals surface area contributed by atoms with Gasteiger partial charge in [-0.25, -0.2) is 4.98 Å². The molecule has 4 heteroatoms. The monoisotopic (exact) mass is 182 g/mol. The summed E-state index contributed by atoms with van der Waals surface area (Å²) in [6.07, 6.45) is 1.68. The Labute approximate surface area is 77.2 Å². The van der Waals surface area contributed by atoms with Crippen molar-refractivity contribution >= 4 is 5.97 Å². The normalized spacial score (nSPS) is 12.8. The van der Waals surface area contributed by atoms with E-state index in [0.29, 0.717) is 6.54 Å². The number of hydrogen-bond donors (Lipinski definition) is 1. The minimum absolute atomic E-state index is 0.368. The minimum atomic E-state index is -0.772. The molecule has 0 amide bonds. The zero-order valence-electron chi connectivity index (χ0n) is 8.11. The average Bonchev–Trinajstić information content (AvgIpc) is 2.36. The third kappa shape index (κ3) is 2.08. The van der Waals surface area contributed by atoms with Gasteiger partial charge in [-0.2, -0.15) is 0 Å². The second kappa shape index (κ2) is 3.60. The molecule has 0 saturated heterocycles. The number of aromatic nitrogens is 2. The number of aliphatic carboxylic acids is 1. The molecule has 72 valence electrons. The summed E-state index contributed by atoms with van der Waals surface area (Å²) >= 11 is 0. The highest BCUT2D eigenvalue weighted by molar-refractivity contribution is 5.69. The molecule has 4 nitrogen and oxygen atoms in total. The molecule has 1 rings (SSSR count). The number of carbonyl (C=O) groups is 1. The number of rotatable bonds is 3. The molecule has 1 atom stereocenters. The lowest BCUT2D eigenvalue weighted by Crippen LogP contribution is -2.16. The van der Waals surface area contributed by atoms with E-state index in [0.717, 1.165) is 11.4 Å². The Kier molecular flexibility index (Phi) is 2.70. The third-order valence-electron chi connectivity index (χ3n) is 2.24. The van der Waals surface area contributed by atoms with E-state index in [4.69, 9.17) is 5.11 Å². The van der Waals surface area contributed by atoms with E-state index < -0.39 is 5.97 Å². The molecule has 0 aliphatic heterocycles. The number of imidazole rings is 1. The zero-order valence-corrected chi connectivity index (χ0v) is 8.11. The first-order chi connectivity index (χ1) is 6.02. The highest BCUT2D eigenvalue weighted by Crippen LogP contribution is 2.07. The Balaban J connectivity index is 2.74. The van der Waals surface area contributed by atoms with E-state index in [-0.39, 0.29) is 5.92 Å². The van der Waals surface area contributed by atoms with E-state index in [1.165, 1.54) is 0 Å². The Morgan fingerprint density at radius 1 is 1.69 bits per heavy atom. The van der Waals surface area contributed by atoms with Crippen LogP contribution in [0.4, 0.5) is 0 Å². The van der Waals surface area contributed by atoms with Crippen molar-refractivity contribution < 1.29 is 9.90 Å². The van der Waals surface area contributed by atoms with Crippen LogP contribution in [-0.2, 0) is 11.3 Å². The van der Waals surface area contributed by atoms with Gasteiger partial charge in [0.1, 0.15) is 0 Å². The lowest BCUT2D eigenvalue weighted by molar-refractivity contribution is -0.141. The Hall–Kier alpha value is -1.32. The molecule has 0 radical (unpaired) electrons. The zero-order chi connectivity index (χ0) is 10.0. The SMILES string of the molecule is Cc1ncn(CC(C)C(=O)O)c1C. The van der Waals surface area contributed by atoms with E-state index in [1.54, 1.807) is 13.3 Å². The topological polar surface area (TPSA) is 55.1 Å². The predicted molar refractivity (Wildman–Crippen MR) is 48.5 cm³/mol. The van der Waals surface area contributed by atoms with Gasteiger partial charge in [-0.1, -0.05) is 6.92 Å². The van der Waals surface area contributed by atoms with Crippen LogP contribution in [0.3, 0.4) is 0 Å². The van der Waals surface area contributed by atoms with Crippen LogP contribution in [0.15, 0.2) is 6.33 Å². The number of carboxylic acid groups (broad SMARTS) is 1. The molecule has 1 heterocycles. The van der Waals surface area contributed by atoms with E-state index >= 15 is 0 Å². The number of nitrogens with zero attached hydrogens (tertiary/aromatic N) is 2. The van der Waals surface area contributed by atoms with Crippen molar-refractivity contribution in [1.82, 2.24) is 9.55 Å². The fourth-order valence-electron chi connectivity index (χ4n) is 1.10. The Morgan fingerprint density at radius 3 is 2.69 bits per heavy atom. The maximum atomic E-state index is 10.6. The summed E-state index contributed by atoms with van der Waals surface area (Å²) in [6.45, 7) is 6.04. The molecular weight excluding hydrogens is 168 g/mol. The Morgan fingerprint density at radius 2 is 2.31 bits per heavy atom. The Bertz CT molecular complexity index is 317. The summed E-state index contributed by atoms with van der Waals surface area (Å²) in [5.74, 6) is -1.14. The summed E-state index contributed by atoms with van der Waals surface area (Å²) in [5.41, 5.74) is 1.99. The van der Waals surface area contributed by atoms with E-state index in [9.17, 15) is 4.79 Å². The van der Waals surface area contributed by atoms with Crippen molar-refractivity contribution in [1.29, 1.82) is 0 Å². The molecule has 0 aromatic carbocycles. The molecule has 1 N–H and O–H groups in total. The van der Waals surface area contributed by atoms with Gasteiger partial charge in [0.05, 0.1) is 17.9 Å². The molecular formula is C9H14N2O2. The van der Waals surface area contributed by atoms with Crippen LogP contribution < -0.4 is 0 Å². The van der Waals surface area contributed by atoms with Crippen LogP contribution in [0, 0.1) is 19.8 Å². The van der Waals surface area contributed by atoms with Gasteiger partial charge in [0.25, 0.3) is 0 Å². The second-order valence-corrected chi connectivity index (χ2v) is 3.31. The molecule has 0 bridgehead atoms. The van der Waals surface area contributed by atoms with Gasteiger partial charge >= 0.3 is 5.97 Å². The van der Waals surface area contributed by atoms with Crippen LogP contribution >= 0.6 is 0 Å². The molecule has 0 spiro atoms. The number of hydrogen-bond acceptors (Lipinski definition) is 2. The summed E-state index contributed by atoms with van der Waals surface area (Å²) < 4.78 is 1.87. The molecule has 0 saturated carbocycles. The van der Waals surface area contributed by atoms with E-state index in [2.05, 4.69) is 4.98 Å². The summed E-state index contributed by atoms with van der Waals surface area (Å²) in [7, 11) is 0. The average molecular weight is 182 g/mol. The molecule has 1 aromatic rings. The fourth-order valence-corrected chi connectivity index (χ4v) is 1.10. The van der Waals surface area contributed by atoms with Gasteiger partial charge < -0.3 is 9.67 Å². The van der Waals surface area contributed by atoms with Gasteiger partial charge in [0.15, 0.2) is 0 Å². The molecule has 0 fully saturated rings. The van der Waals surface area contributed by atoms with Gasteiger partial charge in [0.2, 0.25) is 0 Å². The van der Waals surface area contributed by atoms with Gasteiger partial charge in [-0.05, 0) is 13.8 Å². The van der Waals surface area contributed by atoms with Crippen LogP contribution in [-0.4, -0.2) is 20.6 Å². The molecule has 1 unspecified atom stereocenters. The first-order valence-corrected chi connectivity index (χ1v) is 4.23. The van der Waals surface area contributed by atoms with Crippen LogP contribution in [0.2, 0.25) is 0 Å². The molecule has 0 aliphatic carbocycles. The van der Waals surface area contributed by atoms with E-state index in [1.807, 2.05) is 18.4 Å². The van der Waals surface area contributed by atoms with Gasteiger partial charge in [-0.3, -0.25) is 4.79 Å². The summed E-state index contributed by atoms with van der Waals surface area (Å²) in [4.78, 5) is 14.7. The number of carboxylic acids is 1. The van der Waals surface area contributed by atoms with Crippen molar-refractivity contribution in [3.8, 4) is 0 Å². The smallest absolute Gasteiger partial charge is 0.308 e. The second-order valence-electron chi connectivity index (χ2n) is 3.31. The summed E-state index contributed by atoms with van der Waals surface area (Å²) in [5, 5.41) is 8.71. The molecule has 0 aliphatic rings. The van der Waals surface area contributed by atoms with Crippen LogP contribution in [0.1, 0.15) is 18.3 Å². The quantitative estimate of drug-likeness (QED) is 0.764. The van der Waals surface area contributed by atoms with Gasteiger partial charge in [0, 0.05) is 12.2 Å². The first kappa shape index (κ1) is 9.77. The van der Waals surface area contributed by atoms with Crippen LogP contribution in [0.5, 0.6) is 0 Å². The fraction of sp³-hybridized carbons (Fsp3) is 0.556. The minimum Gasteiger partial charge on any atom is -0.481 e. The van der Waals surface area contributed by atoms with Crippen molar-refractivity contribution in [3.63, 3.8) is 0 Å². The van der Waals surface area contributed by atoms with Crippen molar-refractivity contribution in [2.75, 3.05) is 0 Å². The maximum Gasteiger partial charge on any atom is 0.308 e. The highest BCUT2D eigenvalue weighted by atomic mass is 16.4. The predicted octanol–water partition coefficient (Wildman–Crippen LogP) is 1.22. The standard InChI is InChI=1S/C9H14N2O2/c1-6(9(12)13)4-11-5-10-7(2)8(11)3/h5-6H,4H2,1-3H3,(H,12,13). The first-order valence-electron chi connectivity index (χ1n) is 4.23. The van der Waals surface area contributed by atoms with Crippen LogP contribution in [0.25, 0.3) is 0 Å². The van der Waals surface area contributed by atoms with Crippen molar-refractivity contribution in [2.45, 2.75) is 27.3 Å². The molecule has 13 heavy (non-hydrogen) atoms. The van der Waals surface area contributed by atoms with Gasteiger partial charge in [-0.15, -0.1) is 0 Å². The molecule has 1 aromatic heterocycles. The highest BCUT2D eigenvalue weighted by Gasteiger charge is 2.12. The number of aryl methyl sites for hydroxylation is 1. The van der Waals surface area contributed by atoms with Crippen molar-refractivity contribution in [3.05, 3.63) is 17.7 Å². The summed E-state index contributed by atoms with van der Waals surface area (Å²) in [6, 6.07) is 0. The van der Waals surface area contributed by atoms with Crippen molar-refractivity contribution in [2.24, 2.45) is 5.92 Å². The lowest BCUT2D eigenvalue weighted by atomic mass is 10.2. The third-order valence-corrected chi connectivity index (χ3v) is 2.24.